The summed E-state index contributed by atoms with van der Waals surface area (Å²) in [4.78, 5) is 1.29. The monoisotopic (exact) mass is 208 g/mol. The second-order valence-electron chi connectivity index (χ2n) is 3.05. The van der Waals surface area contributed by atoms with E-state index in [0.717, 1.165) is 5.56 Å². The molecule has 0 heterocycles. The fraction of sp³-hybridized carbons (Fsp3) is 0.364. The van der Waals surface area contributed by atoms with E-state index >= 15 is 0 Å². The van der Waals surface area contributed by atoms with Gasteiger partial charge in [0.15, 0.2) is 0 Å². The van der Waals surface area contributed by atoms with Crippen molar-refractivity contribution >= 4 is 18.0 Å². The molecule has 14 heavy (non-hydrogen) atoms. The third-order valence-corrected chi connectivity index (χ3v) is 2.93. The highest BCUT2D eigenvalue weighted by molar-refractivity contribution is 7.99. The summed E-state index contributed by atoms with van der Waals surface area (Å²) in [5.74, 6) is 6.28. The van der Waals surface area contributed by atoms with Gasteiger partial charge in [-0.1, -0.05) is 25.5 Å². The Morgan fingerprint density at radius 1 is 1.50 bits per heavy atom. The molecule has 1 aromatic rings. The zero-order valence-electron chi connectivity index (χ0n) is 8.44. The molecule has 0 unspecified atom stereocenters. The largest absolute Gasteiger partial charge is 0.323 e. The van der Waals surface area contributed by atoms with Gasteiger partial charge < -0.3 is 5.84 Å². The van der Waals surface area contributed by atoms with Crippen LogP contribution in [0.4, 0.5) is 0 Å². The SMILES string of the molecule is CCCCSc1cccc(C=NN)c1. The summed E-state index contributed by atoms with van der Waals surface area (Å²) in [6.45, 7) is 2.21. The standard InChI is InChI=1S/C11H16N2S/c1-2-3-7-14-11-6-4-5-10(8-11)9-13-12/h4-6,8-9H,2-3,7,12H2,1H3. The third kappa shape index (κ3) is 3.83. The van der Waals surface area contributed by atoms with Gasteiger partial charge in [-0.3, -0.25) is 0 Å². The van der Waals surface area contributed by atoms with E-state index in [1.54, 1.807) is 6.21 Å². The molecule has 3 heteroatoms. The molecular formula is C11H16N2S. The average molecular weight is 208 g/mol. The highest BCUT2D eigenvalue weighted by atomic mass is 32.2. The van der Waals surface area contributed by atoms with Crippen molar-refractivity contribution in [2.45, 2.75) is 24.7 Å². The number of nitrogens with zero attached hydrogens (tertiary/aromatic N) is 1. The average Bonchev–Trinajstić information content (AvgIpc) is 2.19. The van der Waals surface area contributed by atoms with E-state index in [1.165, 1.54) is 23.5 Å². The minimum atomic E-state index is 1.06. The Kier molecular flexibility index (Phi) is 5.15. The Balaban J connectivity index is 2.54. The number of thioether (sulfide) groups is 1. The van der Waals surface area contributed by atoms with Gasteiger partial charge in [0.2, 0.25) is 0 Å². The van der Waals surface area contributed by atoms with E-state index in [-0.39, 0.29) is 0 Å². The van der Waals surface area contributed by atoms with Gasteiger partial charge in [-0.15, -0.1) is 11.8 Å². The smallest absolute Gasteiger partial charge is 0.0538 e. The Hall–Kier alpha value is -0.960. The summed E-state index contributed by atoms with van der Waals surface area (Å²) < 4.78 is 0. The van der Waals surface area contributed by atoms with Gasteiger partial charge >= 0.3 is 0 Å². The normalized spacial score (nSPS) is 10.9. The molecule has 0 atom stereocenters. The van der Waals surface area contributed by atoms with Gasteiger partial charge in [0.1, 0.15) is 0 Å². The van der Waals surface area contributed by atoms with Crippen molar-refractivity contribution in [3.05, 3.63) is 29.8 Å². The molecule has 76 valence electrons. The van der Waals surface area contributed by atoms with Gasteiger partial charge in [0, 0.05) is 4.90 Å². The minimum Gasteiger partial charge on any atom is -0.323 e. The lowest BCUT2D eigenvalue weighted by molar-refractivity contribution is 0.896. The van der Waals surface area contributed by atoms with Crippen LogP contribution in [-0.2, 0) is 0 Å². The van der Waals surface area contributed by atoms with E-state index in [9.17, 15) is 0 Å². The van der Waals surface area contributed by atoms with Crippen LogP contribution in [-0.4, -0.2) is 12.0 Å². The van der Waals surface area contributed by atoms with Gasteiger partial charge in [-0.25, -0.2) is 0 Å². The van der Waals surface area contributed by atoms with E-state index in [0.29, 0.717) is 0 Å². The Bertz CT molecular complexity index is 297. The van der Waals surface area contributed by atoms with Crippen LogP contribution in [0.1, 0.15) is 25.3 Å². The summed E-state index contributed by atoms with van der Waals surface area (Å²) in [6.07, 6.45) is 4.18. The molecule has 0 bridgehead atoms. The van der Waals surface area contributed by atoms with E-state index < -0.39 is 0 Å². The fourth-order valence-corrected chi connectivity index (χ4v) is 2.17. The summed E-state index contributed by atoms with van der Waals surface area (Å²) in [5.41, 5.74) is 1.06. The first-order chi connectivity index (χ1) is 6.86. The molecule has 0 amide bonds. The first-order valence-electron chi connectivity index (χ1n) is 4.83. The van der Waals surface area contributed by atoms with Crippen molar-refractivity contribution in [3.8, 4) is 0 Å². The number of nitrogens with two attached hydrogens (primary N) is 1. The Morgan fingerprint density at radius 2 is 2.36 bits per heavy atom. The van der Waals surface area contributed by atoms with Crippen LogP contribution >= 0.6 is 11.8 Å². The molecule has 2 nitrogen and oxygen atoms in total. The molecule has 0 saturated heterocycles. The Labute approximate surface area is 89.6 Å². The number of unbranched alkanes of at least 4 members (excludes halogenated alkanes) is 1. The molecule has 0 saturated carbocycles. The van der Waals surface area contributed by atoms with Crippen LogP contribution in [0.15, 0.2) is 34.3 Å². The first-order valence-corrected chi connectivity index (χ1v) is 5.81. The number of hydrogen-bond acceptors (Lipinski definition) is 3. The van der Waals surface area contributed by atoms with E-state index in [1.807, 2.05) is 23.9 Å². The highest BCUT2D eigenvalue weighted by Gasteiger charge is 1.94. The lowest BCUT2D eigenvalue weighted by Crippen LogP contribution is -1.86. The van der Waals surface area contributed by atoms with Crippen LogP contribution in [0.3, 0.4) is 0 Å². The molecular weight excluding hydrogens is 192 g/mol. The molecule has 1 rings (SSSR count). The van der Waals surface area contributed by atoms with Gasteiger partial charge in [0.05, 0.1) is 6.21 Å². The fourth-order valence-electron chi connectivity index (χ4n) is 1.11. The number of rotatable bonds is 5. The van der Waals surface area contributed by atoms with Crippen LogP contribution in [0, 0.1) is 0 Å². The van der Waals surface area contributed by atoms with Crippen molar-refractivity contribution in [1.29, 1.82) is 0 Å². The maximum Gasteiger partial charge on any atom is 0.0538 e. The summed E-state index contributed by atoms with van der Waals surface area (Å²) >= 11 is 1.88. The second kappa shape index (κ2) is 6.49. The van der Waals surface area contributed by atoms with Crippen LogP contribution in [0.2, 0.25) is 0 Å². The quantitative estimate of drug-likeness (QED) is 0.266. The molecule has 0 radical (unpaired) electrons. The van der Waals surface area contributed by atoms with E-state index in [2.05, 4.69) is 24.2 Å². The molecule has 0 aliphatic rings. The highest BCUT2D eigenvalue weighted by Crippen LogP contribution is 2.19. The van der Waals surface area contributed by atoms with Gasteiger partial charge in [0.25, 0.3) is 0 Å². The molecule has 0 aromatic heterocycles. The summed E-state index contributed by atoms with van der Waals surface area (Å²) in [5, 5.41) is 3.51. The molecule has 0 fully saturated rings. The zero-order valence-corrected chi connectivity index (χ0v) is 9.26. The lowest BCUT2D eigenvalue weighted by Gasteiger charge is -2.01. The molecule has 0 aliphatic carbocycles. The minimum absolute atomic E-state index is 1.06. The van der Waals surface area contributed by atoms with Crippen LogP contribution in [0.25, 0.3) is 0 Å². The van der Waals surface area contributed by atoms with Crippen LogP contribution < -0.4 is 5.84 Å². The van der Waals surface area contributed by atoms with Crippen molar-refractivity contribution in [1.82, 2.24) is 0 Å². The lowest BCUT2D eigenvalue weighted by atomic mass is 10.2. The van der Waals surface area contributed by atoms with Crippen molar-refractivity contribution in [2.24, 2.45) is 10.9 Å². The van der Waals surface area contributed by atoms with Crippen LogP contribution in [0.5, 0.6) is 0 Å². The zero-order chi connectivity index (χ0) is 10.2. The molecule has 2 N–H and O–H groups in total. The predicted molar refractivity (Wildman–Crippen MR) is 63.9 cm³/mol. The summed E-state index contributed by atoms with van der Waals surface area (Å²) in [6, 6.07) is 8.26. The van der Waals surface area contributed by atoms with E-state index in [4.69, 9.17) is 5.84 Å². The molecule has 0 spiro atoms. The maximum atomic E-state index is 5.09. The second-order valence-corrected chi connectivity index (χ2v) is 4.22. The molecule has 1 aromatic carbocycles. The van der Waals surface area contributed by atoms with Crippen molar-refractivity contribution < 1.29 is 0 Å². The topological polar surface area (TPSA) is 38.4 Å². The summed E-state index contributed by atoms with van der Waals surface area (Å²) in [7, 11) is 0. The van der Waals surface area contributed by atoms with Gasteiger partial charge in [-0.2, -0.15) is 5.10 Å². The third-order valence-electron chi connectivity index (χ3n) is 1.85. The number of benzene rings is 1. The molecule has 0 aliphatic heterocycles. The van der Waals surface area contributed by atoms with Crippen molar-refractivity contribution in [2.75, 3.05) is 5.75 Å². The predicted octanol–water partition coefficient (Wildman–Crippen LogP) is 2.87. The maximum absolute atomic E-state index is 5.09. The van der Waals surface area contributed by atoms with Crippen molar-refractivity contribution in [3.63, 3.8) is 0 Å². The first kappa shape index (κ1) is 11.1. The number of hydrazone groups is 1. The Morgan fingerprint density at radius 3 is 3.07 bits per heavy atom. The van der Waals surface area contributed by atoms with Gasteiger partial charge in [-0.05, 0) is 29.9 Å². The number of hydrogen-bond donors (Lipinski definition) is 1.